The molecular formula is C12H6Cl2N2. The van der Waals surface area contributed by atoms with E-state index in [4.69, 9.17) is 28.5 Å². The lowest BCUT2D eigenvalue weighted by atomic mass is 10.1. The van der Waals surface area contributed by atoms with Crippen molar-refractivity contribution in [3.8, 4) is 17.3 Å². The quantitative estimate of drug-likeness (QED) is 0.767. The first kappa shape index (κ1) is 10.9. The summed E-state index contributed by atoms with van der Waals surface area (Å²) >= 11 is 11.8. The van der Waals surface area contributed by atoms with Crippen LogP contribution in [0.15, 0.2) is 36.5 Å². The molecule has 1 aromatic carbocycles. The molecule has 0 atom stereocenters. The summed E-state index contributed by atoms with van der Waals surface area (Å²) in [5.74, 6) is 0. The summed E-state index contributed by atoms with van der Waals surface area (Å²) in [5, 5.41) is 9.78. The van der Waals surface area contributed by atoms with Crippen LogP contribution in [-0.2, 0) is 0 Å². The summed E-state index contributed by atoms with van der Waals surface area (Å²) in [7, 11) is 0. The molecule has 1 aromatic heterocycles. The van der Waals surface area contributed by atoms with Crippen LogP contribution in [-0.4, -0.2) is 4.98 Å². The minimum absolute atomic E-state index is 0.525. The fourth-order valence-electron chi connectivity index (χ4n) is 1.33. The van der Waals surface area contributed by atoms with E-state index in [0.29, 0.717) is 15.6 Å². The molecule has 0 aliphatic heterocycles. The van der Waals surface area contributed by atoms with Gasteiger partial charge in [-0.25, -0.2) is 0 Å². The number of nitrogens with zero attached hydrogens (tertiary/aromatic N) is 2. The molecule has 0 saturated carbocycles. The summed E-state index contributed by atoms with van der Waals surface area (Å²) in [6.07, 6.45) is 1.52. The van der Waals surface area contributed by atoms with Crippen molar-refractivity contribution in [1.29, 1.82) is 5.26 Å². The molecule has 78 valence electrons. The Hall–Kier alpha value is -1.56. The van der Waals surface area contributed by atoms with Gasteiger partial charge in [0.25, 0.3) is 0 Å². The van der Waals surface area contributed by atoms with Gasteiger partial charge in [0, 0.05) is 21.8 Å². The first-order chi connectivity index (χ1) is 7.69. The second-order valence-corrected chi connectivity index (χ2v) is 4.07. The van der Waals surface area contributed by atoms with E-state index in [1.807, 2.05) is 6.07 Å². The third-order valence-corrected chi connectivity index (χ3v) is 2.49. The summed E-state index contributed by atoms with van der Waals surface area (Å²) in [6.45, 7) is 0. The van der Waals surface area contributed by atoms with Crippen LogP contribution in [0.5, 0.6) is 0 Å². The normalized spacial score (nSPS) is 9.81. The Labute approximate surface area is 103 Å². The van der Waals surface area contributed by atoms with Crippen molar-refractivity contribution in [1.82, 2.24) is 4.98 Å². The number of halogens is 2. The summed E-state index contributed by atoms with van der Waals surface area (Å²) in [4.78, 5) is 4.16. The summed E-state index contributed by atoms with van der Waals surface area (Å²) < 4.78 is 0. The largest absolute Gasteiger partial charge is 0.255 e. The Morgan fingerprint density at radius 2 is 1.75 bits per heavy atom. The van der Waals surface area contributed by atoms with E-state index in [-0.39, 0.29) is 0 Å². The predicted octanol–water partition coefficient (Wildman–Crippen LogP) is 3.93. The highest BCUT2D eigenvalue weighted by Gasteiger charge is 2.02. The van der Waals surface area contributed by atoms with Crippen LogP contribution in [0.2, 0.25) is 10.0 Å². The molecule has 0 aliphatic rings. The maximum absolute atomic E-state index is 8.66. The molecule has 2 aromatic rings. The van der Waals surface area contributed by atoms with Crippen LogP contribution in [0, 0.1) is 11.3 Å². The highest BCUT2D eigenvalue weighted by molar-refractivity contribution is 6.35. The van der Waals surface area contributed by atoms with Gasteiger partial charge in [-0.05, 0) is 30.3 Å². The number of nitriles is 1. The van der Waals surface area contributed by atoms with Gasteiger partial charge in [0.1, 0.15) is 6.07 Å². The number of aromatic nitrogens is 1. The zero-order chi connectivity index (χ0) is 11.5. The highest BCUT2D eigenvalue weighted by Crippen LogP contribution is 2.25. The van der Waals surface area contributed by atoms with Crippen molar-refractivity contribution in [2.45, 2.75) is 0 Å². The lowest BCUT2D eigenvalue weighted by molar-refractivity contribution is 1.30. The summed E-state index contributed by atoms with van der Waals surface area (Å²) in [6, 6.07) is 10.7. The van der Waals surface area contributed by atoms with Crippen molar-refractivity contribution in [3.05, 3.63) is 52.1 Å². The van der Waals surface area contributed by atoms with Crippen LogP contribution in [0.25, 0.3) is 11.3 Å². The van der Waals surface area contributed by atoms with E-state index < -0.39 is 0 Å². The smallest absolute Gasteiger partial charge is 0.101 e. The molecule has 16 heavy (non-hydrogen) atoms. The third-order valence-electron chi connectivity index (χ3n) is 2.05. The summed E-state index contributed by atoms with van der Waals surface area (Å²) in [5.41, 5.74) is 2.10. The molecule has 1 heterocycles. The number of pyridine rings is 1. The van der Waals surface area contributed by atoms with Crippen molar-refractivity contribution >= 4 is 23.2 Å². The van der Waals surface area contributed by atoms with E-state index in [1.54, 1.807) is 30.3 Å². The van der Waals surface area contributed by atoms with Gasteiger partial charge in [0.05, 0.1) is 11.3 Å². The van der Waals surface area contributed by atoms with Crippen LogP contribution in [0.1, 0.15) is 5.56 Å². The van der Waals surface area contributed by atoms with Gasteiger partial charge < -0.3 is 0 Å². The van der Waals surface area contributed by atoms with Gasteiger partial charge in [0.2, 0.25) is 0 Å². The molecule has 4 heteroatoms. The van der Waals surface area contributed by atoms with E-state index >= 15 is 0 Å². The minimum atomic E-state index is 0.525. The molecule has 0 spiro atoms. The van der Waals surface area contributed by atoms with Gasteiger partial charge >= 0.3 is 0 Å². The zero-order valence-corrected chi connectivity index (χ0v) is 9.63. The monoisotopic (exact) mass is 248 g/mol. The molecule has 0 radical (unpaired) electrons. The van der Waals surface area contributed by atoms with Crippen LogP contribution in [0.3, 0.4) is 0 Å². The van der Waals surface area contributed by atoms with Gasteiger partial charge in [-0.2, -0.15) is 5.26 Å². The van der Waals surface area contributed by atoms with Gasteiger partial charge in [-0.1, -0.05) is 23.2 Å². The van der Waals surface area contributed by atoms with Gasteiger partial charge in [-0.15, -0.1) is 0 Å². The third kappa shape index (κ3) is 2.33. The molecule has 2 nitrogen and oxygen atoms in total. The molecule has 0 unspecified atom stereocenters. The maximum Gasteiger partial charge on any atom is 0.101 e. The van der Waals surface area contributed by atoms with Gasteiger partial charge in [-0.3, -0.25) is 4.98 Å². The second kappa shape index (κ2) is 4.52. The minimum Gasteiger partial charge on any atom is -0.255 e. The molecule has 2 rings (SSSR count). The zero-order valence-electron chi connectivity index (χ0n) is 8.11. The van der Waals surface area contributed by atoms with Crippen LogP contribution < -0.4 is 0 Å². The molecule has 0 fully saturated rings. The number of rotatable bonds is 1. The standard InChI is InChI=1S/C12H6Cl2N2/c13-10-3-9(4-11(14)5-10)12-2-1-8(6-15)7-16-12/h1-5,7H. The average Bonchev–Trinajstić information content (AvgIpc) is 2.28. The fourth-order valence-corrected chi connectivity index (χ4v) is 1.86. The number of benzene rings is 1. The van der Waals surface area contributed by atoms with Crippen LogP contribution in [0.4, 0.5) is 0 Å². The lowest BCUT2D eigenvalue weighted by Gasteiger charge is -2.02. The first-order valence-electron chi connectivity index (χ1n) is 4.51. The Balaban J connectivity index is 2.47. The topological polar surface area (TPSA) is 36.7 Å². The Morgan fingerprint density at radius 3 is 2.25 bits per heavy atom. The molecule has 0 amide bonds. The van der Waals surface area contributed by atoms with Crippen molar-refractivity contribution in [3.63, 3.8) is 0 Å². The fraction of sp³-hybridized carbons (Fsp3) is 0. The Bertz CT molecular complexity index is 536. The van der Waals surface area contributed by atoms with Crippen molar-refractivity contribution in [2.24, 2.45) is 0 Å². The molecule has 0 saturated heterocycles. The van der Waals surface area contributed by atoms with E-state index in [2.05, 4.69) is 4.98 Å². The lowest BCUT2D eigenvalue weighted by Crippen LogP contribution is -1.84. The Morgan fingerprint density at radius 1 is 1.06 bits per heavy atom. The van der Waals surface area contributed by atoms with Crippen molar-refractivity contribution < 1.29 is 0 Å². The molecule has 0 bridgehead atoms. The predicted molar refractivity (Wildman–Crippen MR) is 64.4 cm³/mol. The number of hydrogen-bond donors (Lipinski definition) is 0. The Kier molecular flexibility index (Phi) is 3.09. The molecule has 0 aliphatic carbocycles. The average molecular weight is 249 g/mol. The SMILES string of the molecule is N#Cc1ccc(-c2cc(Cl)cc(Cl)c2)nc1. The van der Waals surface area contributed by atoms with E-state index in [9.17, 15) is 0 Å². The first-order valence-corrected chi connectivity index (χ1v) is 5.27. The molecular weight excluding hydrogens is 243 g/mol. The van der Waals surface area contributed by atoms with E-state index in [0.717, 1.165) is 11.3 Å². The molecule has 0 N–H and O–H groups in total. The number of hydrogen-bond acceptors (Lipinski definition) is 2. The van der Waals surface area contributed by atoms with Crippen LogP contribution >= 0.6 is 23.2 Å². The van der Waals surface area contributed by atoms with Crippen molar-refractivity contribution in [2.75, 3.05) is 0 Å². The maximum atomic E-state index is 8.66. The second-order valence-electron chi connectivity index (χ2n) is 3.20. The van der Waals surface area contributed by atoms with E-state index in [1.165, 1.54) is 6.20 Å². The van der Waals surface area contributed by atoms with Gasteiger partial charge in [0.15, 0.2) is 0 Å². The highest BCUT2D eigenvalue weighted by atomic mass is 35.5.